The number of carboxylic acid groups (broad SMARTS) is 1. The predicted octanol–water partition coefficient (Wildman–Crippen LogP) is 6.22. The van der Waals surface area contributed by atoms with Crippen molar-refractivity contribution in [2.75, 3.05) is 6.61 Å². The van der Waals surface area contributed by atoms with Crippen LogP contribution < -0.4 is 4.74 Å². The first-order chi connectivity index (χ1) is 12.8. The molecule has 1 heterocycles. The predicted molar refractivity (Wildman–Crippen MR) is 112 cm³/mol. The summed E-state index contributed by atoms with van der Waals surface area (Å²) in [5.74, 6) is -0.159. The lowest BCUT2D eigenvalue weighted by atomic mass is 10.0. The van der Waals surface area contributed by atoms with E-state index in [0.717, 1.165) is 48.4 Å². The molecule has 0 saturated carbocycles. The van der Waals surface area contributed by atoms with Crippen LogP contribution in [-0.4, -0.2) is 22.7 Å². The number of rotatable bonds is 6. The summed E-state index contributed by atoms with van der Waals surface area (Å²) in [6.07, 6.45) is 1.33. The summed E-state index contributed by atoms with van der Waals surface area (Å²) < 4.78 is 6.81. The molecular formula is C21H21BrClNO3. The first-order valence-electron chi connectivity index (χ1n) is 8.72. The first-order valence-corrected chi connectivity index (χ1v) is 9.89. The third-order valence-corrected chi connectivity index (χ3v) is 6.19. The van der Waals surface area contributed by atoms with Crippen molar-refractivity contribution in [1.29, 1.82) is 0 Å². The van der Waals surface area contributed by atoms with E-state index in [1.165, 1.54) is 0 Å². The summed E-state index contributed by atoms with van der Waals surface area (Å²) in [7, 11) is 0. The van der Waals surface area contributed by atoms with E-state index in [1.807, 2.05) is 45.0 Å². The fourth-order valence-electron chi connectivity index (χ4n) is 3.30. The number of H-pyrrole nitrogens is 1. The highest BCUT2D eigenvalue weighted by atomic mass is 79.9. The zero-order chi connectivity index (χ0) is 19.7. The monoisotopic (exact) mass is 449 g/mol. The third-order valence-electron chi connectivity index (χ3n) is 4.74. The number of ether oxygens (including phenoxy) is 1. The molecule has 0 saturated heterocycles. The molecular weight excluding hydrogens is 430 g/mol. The van der Waals surface area contributed by atoms with Gasteiger partial charge in [0.15, 0.2) is 0 Å². The van der Waals surface area contributed by atoms with Gasteiger partial charge in [-0.3, -0.25) is 0 Å². The van der Waals surface area contributed by atoms with Crippen LogP contribution in [0.2, 0.25) is 5.02 Å². The Morgan fingerprint density at radius 2 is 1.89 bits per heavy atom. The van der Waals surface area contributed by atoms with Crippen molar-refractivity contribution in [2.24, 2.45) is 0 Å². The number of aromatic amines is 1. The van der Waals surface area contributed by atoms with E-state index in [4.69, 9.17) is 16.3 Å². The number of aromatic nitrogens is 1. The van der Waals surface area contributed by atoms with E-state index in [2.05, 4.69) is 20.9 Å². The fraction of sp³-hybridized carbons (Fsp3) is 0.286. The molecule has 0 spiro atoms. The fourth-order valence-corrected chi connectivity index (χ4v) is 3.74. The highest BCUT2D eigenvalue weighted by Crippen LogP contribution is 2.31. The molecule has 142 valence electrons. The Morgan fingerprint density at radius 3 is 2.52 bits per heavy atom. The molecule has 0 bridgehead atoms. The molecule has 6 heteroatoms. The number of nitrogens with one attached hydrogen (secondary N) is 1. The summed E-state index contributed by atoms with van der Waals surface area (Å²) in [5, 5.41) is 11.3. The highest BCUT2D eigenvalue weighted by Gasteiger charge is 2.18. The van der Waals surface area contributed by atoms with Crippen molar-refractivity contribution < 1.29 is 14.6 Å². The number of hydrogen-bond donors (Lipinski definition) is 2. The van der Waals surface area contributed by atoms with E-state index < -0.39 is 5.97 Å². The van der Waals surface area contributed by atoms with Crippen molar-refractivity contribution in [3.63, 3.8) is 0 Å². The minimum Gasteiger partial charge on any atom is -0.494 e. The second-order valence-corrected chi connectivity index (χ2v) is 7.93. The molecule has 0 atom stereocenters. The Balaban J connectivity index is 1.76. The van der Waals surface area contributed by atoms with Crippen LogP contribution in [-0.2, 0) is 6.42 Å². The molecule has 0 amide bonds. The second kappa shape index (κ2) is 7.95. The standard InChI is InChI=1S/C21H21BrClNO3/c1-11-9-14(10-12(2)18(11)23)27-8-4-5-15-16-6-7-17(22)13(3)19(16)24-20(15)21(25)26/h6-7,9-10,24H,4-5,8H2,1-3H3,(H,25,26). The first kappa shape index (κ1) is 19.8. The Kier molecular flexibility index (Phi) is 5.82. The molecule has 3 rings (SSSR count). The molecule has 0 fully saturated rings. The quantitative estimate of drug-likeness (QED) is 0.438. The minimum atomic E-state index is -0.943. The van der Waals surface area contributed by atoms with Gasteiger partial charge in [0, 0.05) is 14.9 Å². The largest absolute Gasteiger partial charge is 0.494 e. The van der Waals surface area contributed by atoms with Crippen LogP contribution in [0.25, 0.3) is 10.9 Å². The van der Waals surface area contributed by atoms with Gasteiger partial charge in [-0.05, 0) is 74.1 Å². The Labute approximate surface area is 171 Å². The number of aryl methyl sites for hydroxylation is 4. The van der Waals surface area contributed by atoms with Gasteiger partial charge in [0.25, 0.3) is 0 Å². The second-order valence-electron chi connectivity index (χ2n) is 6.70. The van der Waals surface area contributed by atoms with Crippen LogP contribution >= 0.6 is 27.5 Å². The van der Waals surface area contributed by atoms with Gasteiger partial charge >= 0.3 is 5.97 Å². The van der Waals surface area contributed by atoms with Crippen LogP contribution in [0.1, 0.15) is 39.2 Å². The van der Waals surface area contributed by atoms with E-state index in [0.29, 0.717) is 19.4 Å². The number of hydrogen-bond acceptors (Lipinski definition) is 2. The topological polar surface area (TPSA) is 62.3 Å². The van der Waals surface area contributed by atoms with Crippen LogP contribution in [0, 0.1) is 20.8 Å². The Morgan fingerprint density at radius 1 is 1.22 bits per heavy atom. The van der Waals surface area contributed by atoms with Crippen molar-refractivity contribution in [2.45, 2.75) is 33.6 Å². The van der Waals surface area contributed by atoms with Gasteiger partial charge in [0.2, 0.25) is 0 Å². The normalized spacial score (nSPS) is 11.1. The van der Waals surface area contributed by atoms with E-state index in [-0.39, 0.29) is 5.69 Å². The smallest absolute Gasteiger partial charge is 0.352 e. The molecule has 0 unspecified atom stereocenters. The Hall–Kier alpha value is -1.98. The molecule has 1 aromatic heterocycles. The molecule has 2 aromatic carbocycles. The molecule has 2 N–H and O–H groups in total. The van der Waals surface area contributed by atoms with Crippen molar-refractivity contribution in [3.8, 4) is 5.75 Å². The summed E-state index contributed by atoms with van der Waals surface area (Å²) in [6, 6.07) is 7.75. The lowest BCUT2D eigenvalue weighted by Gasteiger charge is -2.10. The van der Waals surface area contributed by atoms with Gasteiger partial charge in [-0.2, -0.15) is 0 Å². The lowest BCUT2D eigenvalue weighted by Crippen LogP contribution is -2.04. The van der Waals surface area contributed by atoms with Gasteiger partial charge in [0.1, 0.15) is 11.4 Å². The maximum atomic E-state index is 11.7. The van der Waals surface area contributed by atoms with Gasteiger partial charge in [-0.15, -0.1) is 0 Å². The van der Waals surface area contributed by atoms with E-state index in [9.17, 15) is 9.90 Å². The van der Waals surface area contributed by atoms with Crippen molar-refractivity contribution in [1.82, 2.24) is 4.98 Å². The van der Waals surface area contributed by atoms with Crippen LogP contribution in [0.15, 0.2) is 28.7 Å². The lowest BCUT2D eigenvalue weighted by molar-refractivity contribution is 0.0690. The SMILES string of the molecule is Cc1cc(OCCCc2c(C(=O)O)[nH]c3c(C)c(Br)ccc23)cc(C)c1Cl. The van der Waals surface area contributed by atoms with Gasteiger partial charge in [-0.1, -0.05) is 33.6 Å². The average Bonchev–Trinajstić information content (AvgIpc) is 2.99. The van der Waals surface area contributed by atoms with E-state index in [1.54, 1.807) is 0 Å². The average molecular weight is 451 g/mol. The molecule has 0 radical (unpaired) electrons. The molecule has 0 aliphatic heterocycles. The highest BCUT2D eigenvalue weighted by molar-refractivity contribution is 9.10. The number of fused-ring (bicyclic) bond motifs is 1. The third kappa shape index (κ3) is 3.99. The number of benzene rings is 2. The van der Waals surface area contributed by atoms with Crippen LogP contribution in [0.4, 0.5) is 0 Å². The molecule has 27 heavy (non-hydrogen) atoms. The van der Waals surface area contributed by atoms with Crippen molar-refractivity contribution >= 4 is 44.4 Å². The van der Waals surface area contributed by atoms with Crippen LogP contribution in [0.3, 0.4) is 0 Å². The summed E-state index contributed by atoms with van der Waals surface area (Å²) in [4.78, 5) is 14.7. The van der Waals surface area contributed by atoms with E-state index >= 15 is 0 Å². The zero-order valence-electron chi connectivity index (χ0n) is 15.5. The molecule has 0 aliphatic rings. The molecule has 4 nitrogen and oxygen atoms in total. The maximum Gasteiger partial charge on any atom is 0.352 e. The van der Waals surface area contributed by atoms with Gasteiger partial charge in [0.05, 0.1) is 12.1 Å². The Bertz CT molecular complexity index is 1000. The summed E-state index contributed by atoms with van der Waals surface area (Å²) >= 11 is 9.68. The van der Waals surface area contributed by atoms with Crippen molar-refractivity contribution in [3.05, 3.63) is 61.7 Å². The zero-order valence-corrected chi connectivity index (χ0v) is 17.8. The maximum absolute atomic E-state index is 11.7. The molecule has 3 aromatic rings. The van der Waals surface area contributed by atoms with Crippen LogP contribution in [0.5, 0.6) is 5.75 Å². The van der Waals surface area contributed by atoms with Gasteiger partial charge in [-0.25, -0.2) is 4.79 Å². The molecule has 0 aliphatic carbocycles. The summed E-state index contributed by atoms with van der Waals surface area (Å²) in [6.45, 7) is 6.37. The number of halogens is 2. The van der Waals surface area contributed by atoms with Gasteiger partial charge < -0.3 is 14.8 Å². The summed E-state index contributed by atoms with van der Waals surface area (Å²) in [5.41, 5.74) is 4.91. The number of aromatic carboxylic acids is 1. The number of carboxylic acids is 1. The minimum absolute atomic E-state index is 0.254. The number of carbonyl (C=O) groups is 1.